The monoisotopic (exact) mass is 476 g/mol. The Morgan fingerprint density at radius 2 is 1.47 bits per heavy atom. The van der Waals surface area contributed by atoms with Crippen LogP contribution in [-0.4, -0.2) is 107 Å². The number of carbonyl (C=O) groups is 4. The Balaban J connectivity index is 1.91. The summed E-state index contributed by atoms with van der Waals surface area (Å²) < 4.78 is 0. The Kier molecular flexibility index (Phi) is 11.7. The van der Waals surface area contributed by atoms with Crippen LogP contribution in [0.15, 0.2) is 24.3 Å². The second-order valence-corrected chi connectivity index (χ2v) is 8.81. The summed E-state index contributed by atoms with van der Waals surface area (Å²) in [5, 5.41) is 20.7. The van der Waals surface area contributed by atoms with Gasteiger partial charge in [-0.3, -0.25) is 29.1 Å². The van der Waals surface area contributed by atoms with E-state index >= 15 is 0 Å². The SMILES string of the molecule is CC(CCC(=O)O)NC(=O)Cc1ccc(CN2CCN(CC=O)CCN(CC(=O)O)CC2)cc1. The van der Waals surface area contributed by atoms with Crippen LogP contribution < -0.4 is 5.32 Å². The highest BCUT2D eigenvalue weighted by Gasteiger charge is 2.18. The number of hydrogen-bond acceptors (Lipinski definition) is 7. The molecule has 1 atom stereocenters. The first kappa shape index (κ1) is 27.4. The molecule has 1 aromatic rings. The molecule has 1 aliphatic rings. The topological polar surface area (TPSA) is 130 Å². The number of aliphatic carboxylic acids is 2. The molecule has 3 N–H and O–H groups in total. The second kappa shape index (κ2) is 14.4. The summed E-state index contributed by atoms with van der Waals surface area (Å²) in [6, 6.07) is 7.62. The predicted octanol–water partition coefficient (Wildman–Crippen LogP) is 0.302. The third-order valence-corrected chi connectivity index (χ3v) is 5.88. The average Bonchev–Trinajstić information content (AvgIpc) is 2.85. The van der Waals surface area contributed by atoms with Gasteiger partial charge in [-0.1, -0.05) is 24.3 Å². The quantitative estimate of drug-likeness (QED) is 0.365. The number of benzene rings is 1. The van der Waals surface area contributed by atoms with Crippen molar-refractivity contribution in [2.24, 2.45) is 0 Å². The highest BCUT2D eigenvalue weighted by Crippen LogP contribution is 2.10. The Morgan fingerprint density at radius 1 is 0.912 bits per heavy atom. The molecule has 0 bridgehead atoms. The van der Waals surface area contributed by atoms with Gasteiger partial charge >= 0.3 is 11.9 Å². The van der Waals surface area contributed by atoms with E-state index in [4.69, 9.17) is 5.11 Å². The Bertz CT molecular complexity index is 816. The van der Waals surface area contributed by atoms with E-state index in [-0.39, 0.29) is 31.3 Å². The molecule has 1 aliphatic heterocycles. The molecule has 0 saturated carbocycles. The van der Waals surface area contributed by atoms with Gasteiger partial charge in [-0.15, -0.1) is 0 Å². The molecule has 188 valence electrons. The third-order valence-electron chi connectivity index (χ3n) is 5.88. The third kappa shape index (κ3) is 10.9. The standard InChI is InChI=1S/C24H36N4O6/c1-19(2-7-23(31)32)25-22(30)16-20-3-5-21(6-4-20)17-27-10-8-26(14-15-29)9-11-28(13-12-27)18-24(33)34/h3-6,15,19H,2,7-14,16-18H2,1H3,(H,25,30)(H,31,32)(H,33,34). The molecule has 1 fully saturated rings. The average molecular weight is 477 g/mol. The maximum Gasteiger partial charge on any atom is 0.317 e. The van der Waals surface area contributed by atoms with Crippen LogP contribution in [0.4, 0.5) is 0 Å². The molecule has 0 aromatic heterocycles. The van der Waals surface area contributed by atoms with E-state index in [1.54, 1.807) is 6.92 Å². The Morgan fingerprint density at radius 3 is 2.03 bits per heavy atom. The first-order valence-electron chi connectivity index (χ1n) is 11.7. The van der Waals surface area contributed by atoms with Gasteiger partial charge in [0.25, 0.3) is 0 Å². The predicted molar refractivity (Wildman–Crippen MR) is 126 cm³/mol. The van der Waals surface area contributed by atoms with Crippen LogP contribution in [0.2, 0.25) is 0 Å². The first-order valence-corrected chi connectivity index (χ1v) is 11.7. The minimum absolute atomic E-state index is 0.0194. The van der Waals surface area contributed by atoms with E-state index in [1.165, 1.54) is 0 Å². The van der Waals surface area contributed by atoms with E-state index in [0.29, 0.717) is 39.1 Å². The summed E-state index contributed by atoms with van der Waals surface area (Å²) in [6.45, 7) is 6.93. The Labute approximate surface area is 200 Å². The molecule has 10 heteroatoms. The van der Waals surface area contributed by atoms with Crippen LogP contribution in [-0.2, 0) is 32.1 Å². The summed E-state index contributed by atoms with van der Waals surface area (Å²) in [6.07, 6.45) is 1.52. The summed E-state index contributed by atoms with van der Waals surface area (Å²) in [5.41, 5.74) is 1.96. The zero-order valence-corrected chi connectivity index (χ0v) is 19.8. The van der Waals surface area contributed by atoms with Gasteiger partial charge in [-0.2, -0.15) is 0 Å². The first-order chi connectivity index (χ1) is 16.2. The van der Waals surface area contributed by atoms with E-state index in [1.807, 2.05) is 34.1 Å². The van der Waals surface area contributed by atoms with Crippen LogP contribution >= 0.6 is 0 Å². The van der Waals surface area contributed by atoms with Gasteiger partial charge in [-0.25, -0.2) is 0 Å². The summed E-state index contributed by atoms with van der Waals surface area (Å²) in [5.74, 6) is -1.87. The minimum atomic E-state index is -0.876. The number of nitrogens with zero attached hydrogens (tertiary/aromatic N) is 3. The van der Waals surface area contributed by atoms with E-state index in [0.717, 1.165) is 37.0 Å². The van der Waals surface area contributed by atoms with Gasteiger partial charge in [0.05, 0.1) is 19.5 Å². The number of carbonyl (C=O) groups excluding carboxylic acids is 2. The smallest absolute Gasteiger partial charge is 0.317 e. The van der Waals surface area contributed by atoms with Crippen molar-refractivity contribution in [2.45, 2.75) is 38.8 Å². The molecule has 0 aliphatic carbocycles. The van der Waals surface area contributed by atoms with Crippen molar-refractivity contribution in [3.63, 3.8) is 0 Å². The van der Waals surface area contributed by atoms with Crippen molar-refractivity contribution in [3.05, 3.63) is 35.4 Å². The van der Waals surface area contributed by atoms with Crippen LogP contribution in [0.3, 0.4) is 0 Å². The summed E-state index contributed by atoms with van der Waals surface area (Å²) in [4.78, 5) is 51.3. The number of carboxylic acids is 2. The zero-order valence-electron chi connectivity index (χ0n) is 19.8. The maximum absolute atomic E-state index is 12.2. The van der Waals surface area contributed by atoms with E-state index in [9.17, 15) is 24.3 Å². The van der Waals surface area contributed by atoms with Crippen LogP contribution in [0.25, 0.3) is 0 Å². The maximum atomic E-state index is 12.2. The van der Waals surface area contributed by atoms with Gasteiger partial charge in [-0.05, 0) is 24.5 Å². The number of rotatable bonds is 12. The lowest BCUT2D eigenvalue weighted by Crippen LogP contribution is -2.39. The molecule has 1 aromatic carbocycles. The lowest BCUT2D eigenvalue weighted by molar-refractivity contribution is -0.139. The van der Waals surface area contributed by atoms with Crippen molar-refractivity contribution in [3.8, 4) is 0 Å². The van der Waals surface area contributed by atoms with E-state index in [2.05, 4.69) is 10.2 Å². The fourth-order valence-electron chi connectivity index (χ4n) is 3.92. The van der Waals surface area contributed by atoms with E-state index < -0.39 is 11.9 Å². The minimum Gasteiger partial charge on any atom is -0.481 e. The summed E-state index contributed by atoms with van der Waals surface area (Å²) >= 11 is 0. The molecule has 1 unspecified atom stereocenters. The van der Waals surface area contributed by atoms with Gasteiger partial charge in [0.1, 0.15) is 6.29 Å². The number of hydrogen-bond donors (Lipinski definition) is 3. The summed E-state index contributed by atoms with van der Waals surface area (Å²) in [7, 11) is 0. The van der Waals surface area contributed by atoms with Gasteiger partial charge in [0, 0.05) is 58.3 Å². The van der Waals surface area contributed by atoms with Gasteiger partial charge in [0.15, 0.2) is 0 Å². The number of aldehydes is 1. The van der Waals surface area contributed by atoms with Gasteiger partial charge in [0.2, 0.25) is 5.91 Å². The van der Waals surface area contributed by atoms with Gasteiger partial charge < -0.3 is 20.3 Å². The number of nitrogens with one attached hydrogen (secondary N) is 1. The molecule has 0 radical (unpaired) electrons. The van der Waals surface area contributed by atoms with Crippen molar-refractivity contribution < 1.29 is 29.4 Å². The van der Waals surface area contributed by atoms with Crippen molar-refractivity contribution in [1.29, 1.82) is 0 Å². The zero-order chi connectivity index (χ0) is 24.9. The molecule has 1 saturated heterocycles. The largest absolute Gasteiger partial charge is 0.481 e. The fraction of sp³-hybridized carbons (Fsp3) is 0.583. The molecular weight excluding hydrogens is 440 g/mol. The lowest BCUT2D eigenvalue weighted by Gasteiger charge is -2.25. The van der Waals surface area contributed by atoms with Crippen molar-refractivity contribution in [1.82, 2.24) is 20.0 Å². The molecule has 1 amide bonds. The molecule has 10 nitrogen and oxygen atoms in total. The molecule has 1 heterocycles. The number of amides is 1. The molecule has 2 rings (SSSR count). The van der Waals surface area contributed by atoms with Crippen molar-refractivity contribution >= 4 is 24.1 Å². The molecule has 0 spiro atoms. The fourth-order valence-corrected chi connectivity index (χ4v) is 3.92. The van der Waals surface area contributed by atoms with Crippen LogP contribution in [0, 0.1) is 0 Å². The lowest BCUT2D eigenvalue weighted by atomic mass is 10.1. The highest BCUT2D eigenvalue weighted by molar-refractivity contribution is 5.79. The van der Waals surface area contributed by atoms with Crippen molar-refractivity contribution in [2.75, 3.05) is 52.4 Å². The van der Waals surface area contributed by atoms with Crippen LogP contribution in [0.1, 0.15) is 30.9 Å². The molecular formula is C24H36N4O6. The Hall–Kier alpha value is -2.82. The highest BCUT2D eigenvalue weighted by atomic mass is 16.4. The number of carboxylic acid groups (broad SMARTS) is 2. The molecule has 34 heavy (non-hydrogen) atoms. The second-order valence-electron chi connectivity index (χ2n) is 8.81. The van der Waals surface area contributed by atoms with Crippen LogP contribution in [0.5, 0.6) is 0 Å². The normalized spacial score (nSPS) is 17.2.